The number of phenols is 1. The zero-order chi connectivity index (χ0) is 13.3. The lowest BCUT2D eigenvalue weighted by Crippen LogP contribution is -2.21. The molecule has 0 saturated heterocycles. The van der Waals surface area contributed by atoms with Crippen LogP contribution >= 0.6 is 0 Å². The van der Waals surface area contributed by atoms with Crippen molar-refractivity contribution in [3.05, 3.63) is 34.4 Å². The van der Waals surface area contributed by atoms with Gasteiger partial charge in [0.1, 0.15) is 0 Å². The zero-order valence-corrected chi connectivity index (χ0v) is 10.6. The van der Waals surface area contributed by atoms with Crippen LogP contribution in [0.5, 0.6) is 5.75 Å². The molecule has 0 amide bonds. The van der Waals surface area contributed by atoms with Gasteiger partial charge in [-0.05, 0) is 25.7 Å². The summed E-state index contributed by atoms with van der Waals surface area (Å²) >= 11 is 0. The van der Waals surface area contributed by atoms with E-state index in [0.29, 0.717) is 0 Å². The molecule has 1 rings (SSSR count). The Hall–Kier alpha value is -1.62. The first-order chi connectivity index (χ1) is 8.06. The summed E-state index contributed by atoms with van der Waals surface area (Å²) in [6.45, 7) is 10.1. The lowest BCUT2D eigenvalue weighted by atomic mass is 10.3. The molecule has 5 nitrogen and oxygen atoms in total. The highest BCUT2D eigenvalue weighted by Crippen LogP contribution is 2.23. The average Bonchev–Trinajstić information content (AvgIpc) is 2.32. The van der Waals surface area contributed by atoms with Gasteiger partial charge in [0.25, 0.3) is 0 Å². The van der Waals surface area contributed by atoms with Crippen LogP contribution in [0.2, 0.25) is 0 Å². The predicted octanol–water partition coefficient (Wildman–Crippen LogP) is 2.65. The van der Waals surface area contributed by atoms with Crippen molar-refractivity contribution in [2.24, 2.45) is 0 Å². The van der Waals surface area contributed by atoms with Crippen LogP contribution in [-0.2, 0) is 0 Å². The van der Waals surface area contributed by atoms with E-state index >= 15 is 0 Å². The minimum Gasteiger partial charge on any atom is -0.502 e. The molecular weight excluding hydrogens is 220 g/mol. The lowest BCUT2D eigenvalue weighted by molar-refractivity contribution is -0.385. The maximum atomic E-state index is 10.1. The summed E-state index contributed by atoms with van der Waals surface area (Å²) in [6.07, 6.45) is 0. The molecule has 0 heterocycles. The van der Waals surface area contributed by atoms with Crippen LogP contribution in [0, 0.1) is 10.1 Å². The quantitative estimate of drug-likeness (QED) is 0.649. The Morgan fingerprint density at radius 2 is 1.65 bits per heavy atom. The molecule has 0 unspecified atom stereocenters. The Labute approximate surface area is 102 Å². The second-order valence-corrected chi connectivity index (χ2v) is 3.37. The van der Waals surface area contributed by atoms with E-state index in [-0.39, 0.29) is 11.4 Å². The van der Waals surface area contributed by atoms with Crippen LogP contribution in [0.15, 0.2) is 24.3 Å². The summed E-state index contributed by atoms with van der Waals surface area (Å²) in [5.74, 6) is -0.299. The number of aromatic hydroxyl groups is 1. The smallest absolute Gasteiger partial charge is 0.310 e. The van der Waals surface area contributed by atoms with Crippen LogP contribution in [0.3, 0.4) is 0 Å². The lowest BCUT2D eigenvalue weighted by Gasteiger charge is -2.13. The zero-order valence-electron chi connectivity index (χ0n) is 10.6. The molecule has 0 aromatic heterocycles. The summed E-state index contributed by atoms with van der Waals surface area (Å²) in [4.78, 5) is 11.8. The number of nitro groups is 1. The van der Waals surface area contributed by atoms with Gasteiger partial charge in [0.15, 0.2) is 5.75 Å². The third kappa shape index (κ3) is 5.87. The van der Waals surface area contributed by atoms with E-state index < -0.39 is 4.92 Å². The Bertz CT molecular complexity index is 333. The van der Waals surface area contributed by atoms with Gasteiger partial charge < -0.3 is 10.0 Å². The first kappa shape index (κ1) is 15.4. The molecule has 0 spiro atoms. The summed E-state index contributed by atoms with van der Waals surface area (Å²) < 4.78 is 0. The van der Waals surface area contributed by atoms with Gasteiger partial charge >= 0.3 is 5.69 Å². The number of nitrogens with zero attached hydrogens (tertiary/aromatic N) is 2. The summed E-state index contributed by atoms with van der Waals surface area (Å²) in [5.41, 5.74) is -0.262. The molecular formula is C12H20N2O3. The van der Waals surface area contributed by atoms with E-state index in [0.717, 1.165) is 0 Å². The highest BCUT2D eigenvalue weighted by molar-refractivity contribution is 5.44. The van der Waals surface area contributed by atoms with Gasteiger partial charge in [-0.25, -0.2) is 0 Å². The molecule has 1 N–H and O–H groups in total. The Kier molecular flexibility index (Phi) is 7.71. The number of hydrogen-bond donors (Lipinski definition) is 1. The van der Waals surface area contributed by atoms with E-state index in [9.17, 15) is 10.1 Å². The molecule has 1 aromatic rings. The molecule has 17 heavy (non-hydrogen) atoms. The second kappa shape index (κ2) is 8.52. The predicted molar refractivity (Wildman–Crippen MR) is 68.2 cm³/mol. The number of nitro benzene ring substituents is 1. The molecule has 0 aliphatic heterocycles. The number of rotatable bonds is 4. The number of para-hydroxylation sites is 2. The third-order valence-corrected chi connectivity index (χ3v) is 2.42. The fourth-order valence-electron chi connectivity index (χ4n) is 1.29. The number of hydrogen-bond acceptors (Lipinski definition) is 4. The molecule has 0 aliphatic rings. The van der Waals surface area contributed by atoms with Crippen molar-refractivity contribution in [1.82, 2.24) is 4.90 Å². The van der Waals surface area contributed by atoms with E-state index in [2.05, 4.69) is 25.7 Å². The van der Waals surface area contributed by atoms with Gasteiger partial charge in [0, 0.05) is 6.07 Å². The van der Waals surface area contributed by atoms with E-state index in [4.69, 9.17) is 5.11 Å². The van der Waals surface area contributed by atoms with Gasteiger partial charge in [0.2, 0.25) is 0 Å². The van der Waals surface area contributed by atoms with Crippen molar-refractivity contribution in [3.63, 3.8) is 0 Å². The molecule has 0 aliphatic carbocycles. The second-order valence-electron chi connectivity index (χ2n) is 3.37. The minimum atomic E-state index is -0.630. The molecule has 0 radical (unpaired) electrons. The van der Waals surface area contributed by atoms with Crippen molar-refractivity contribution >= 4 is 5.69 Å². The van der Waals surface area contributed by atoms with Crippen LogP contribution in [0.1, 0.15) is 20.8 Å². The van der Waals surface area contributed by atoms with E-state index in [1.54, 1.807) is 0 Å². The maximum absolute atomic E-state index is 10.1. The topological polar surface area (TPSA) is 66.6 Å². The van der Waals surface area contributed by atoms with Gasteiger partial charge in [0.05, 0.1) is 4.92 Å². The first-order valence-electron chi connectivity index (χ1n) is 5.71. The molecule has 96 valence electrons. The third-order valence-electron chi connectivity index (χ3n) is 2.42. The SMILES string of the molecule is CCN(CC)CC.O=[N+]([O-])c1ccccc1O. The van der Waals surface area contributed by atoms with Crippen molar-refractivity contribution in [3.8, 4) is 5.75 Å². The van der Waals surface area contributed by atoms with Crippen LogP contribution in [0.4, 0.5) is 5.69 Å². The van der Waals surface area contributed by atoms with Crippen LogP contribution < -0.4 is 0 Å². The summed E-state index contributed by atoms with van der Waals surface area (Å²) in [7, 11) is 0. The Balaban J connectivity index is 0.000000325. The maximum Gasteiger partial charge on any atom is 0.310 e. The van der Waals surface area contributed by atoms with Crippen molar-refractivity contribution in [2.75, 3.05) is 19.6 Å². The fraction of sp³-hybridized carbons (Fsp3) is 0.500. The normalized spacial score (nSPS) is 9.65. The number of benzene rings is 1. The van der Waals surface area contributed by atoms with Gasteiger partial charge in [-0.3, -0.25) is 10.1 Å². The fourth-order valence-corrected chi connectivity index (χ4v) is 1.29. The minimum absolute atomic E-state index is 0.262. The Morgan fingerprint density at radius 3 is 1.88 bits per heavy atom. The molecule has 0 atom stereocenters. The van der Waals surface area contributed by atoms with Gasteiger partial charge in [-0.15, -0.1) is 0 Å². The van der Waals surface area contributed by atoms with Crippen molar-refractivity contribution < 1.29 is 10.0 Å². The molecule has 5 heteroatoms. The van der Waals surface area contributed by atoms with Crippen molar-refractivity contribution in [2.45, 2.75) is 20.8 Å². The van der Waals surface area contributed by atoms with E-state index in [1.165, 1.54) is 43.9 Å². The standard InChI is InChI=1S/C6H5NO3.C6H15N/c8-6-4-2-1-3-5(6)7(9)10;1-4-7(5-2)6-3/h1-4,8H;4-6H2,1-3H3. The average molecular weight is 240 g/mol. The van der Waals surface area contributed by atoms with Gasteiger partial charge in [-0.2, -0.15) is 0 Å². The highest BCUT2D eigenvalue weighted by atomic mass is 16.6. The molecule has 1 aromatic carbocycles. The monoisotopic (exact) mass is 240 g/mol. The highest BCUT2D eigenvalue weighted by Gasteiger charge is 2.09. The molecule has 0 saturated carbocycles. The molecule has 0 fully saturated rings. The van der Waals surface area contributed by atoms with Crippen LogP contribution in [-0.4, -0.2) is 34.6 Å². The Morgan fingerprint density at radius 1 is 1.18 bits per heavy atom. The first-order valence-corrected chi connectivity index (χ1v) is 5.71. The molecule has 0 bridgehead atoms. The van der Waals surface area contributed by atoms with E-state index in [1.807, 2.05) is 0 Å². The largest absolute Gasteiger partial charge is 0.502 e. The van der Waals surface area contributed by atoms with Gasteiger partial charge in [-0.1, -0.05) is 32.9 Å². The number of phenolic OH excluding ortho intramolecular Hbond substituents is 1. The van der Waals surface area contributed by atoms with Crippen molar-refractivity contribution in [1.29, 1.82) is 0 Å². The summed E-state index contributed by atoms with van der Waals surface area (Å²) in [5, 5.41) is 18.9. The summed E-state index contributed by atoms with van der Waals surface area (Å²) in [6, 6.07) is 5.55. The van der Waals surface area contributed by atoms with Crippen LogP contribution in [0.25, 0.3) is 0 Å².